The Bertz CT molecular complexity index is 869. The molecule has 3 nitrogen and oxygen atoms in total. The van der Waals surface area contributed by atoms with E-state index in [1.807, 2.05) is 55.5 Å². The van der Waals surface area contributed by atoms with Gasteiger partial charge in [-0.3, -0.25) is 0 Å². The number of benzene rings is 3. The number of aryl methyl sites for hydroxylation is 2. The van der Waals surface area contributed by atoms with Gasteiger partial charge in [-0.05, 0) is 65.9 Å². The molecule has 0 amide bonds. The van der Waals surface area contributed by atoms with Crippen LogP contribution in [0.15, 0.2) is 60.7 Å². The van der Waals surface area contributed by atoms with Crippen LogP contribution in [0, 0.1) is 0 Å². The van der Waals surface area contributed by atoms with Gasteiger partial charge in [0.1, 0.15) is 5.75 Å². The lowest BCUT2D eigenvalue weighted by Gasteiger charge is -2.12. The minimum Gasteiger partial charge on any atom is -0.497 e. The number of ether oxygens (including phenoxy) is 2. The van der Waals surface area contributed by atoms with Gasteiger partial charge in [-0.2, -0.15) is 0 Å². The van der Waals surface area contributed by atoms with Crippen LogP contribution >= 0.6 is 0 Å². The summed E-state index contributed by atoms with van der Waals surface area (Å²) < 4.78 is 10.5. The highest BCUT2D eigenvalue weighted by Crippen LogP contribution is 2.27. The molecule has 0 atom stereocenters. The Hall–Kier alpha value is -2.81. The molecule has 25 heavy (non-hydrogen) atoms. The molecule has 0 radical (unpaired) electrons. The predicted octanol–water partition coefficient (Wildman–Crippen LogP) is 4.81. The number of carbonyl (C=O) groups excluding carboxylic acids is 1. The van der Waals surface area contributed by atoms with Crippen molar-refractivity contribution in [3.63, 3.8) is 0 Å². The molecule has 0 aromatic heterocycles. The largest absolute Gasteiger partial charge is 0.497 e. The highest BCUT2D eigenvalue weighted by molar-refractivity contribution is 5.97. The first-order valence-corrected chi connectivity index (χ1v) is 8.53. The molecule has 0 aliphatic rings. The maximum Gasteiger partial charge on any atom is 0.338 e. The summed E-state index contributed by atoms with van der Waals surface area (Å²) in [6.07, 6.45) is 1.76. The van der Waals surface area contributed by atoms with E-state index >= 15 is 0 Å². The van der Waals surface area contributed by atoms with Crippen LogP contribution in [0.25, 0.3) is 10.8 Å². The van der Waals surface area contributed by atoms with E-state index < -0.39 is 0 Å². The number of methoxy groups -OCH3 is 1. The van der Waals surface area contributed by atoms with E-state index in [0.29, 0.717) is 12.2 Å². The predicted molar refractivity (Wildman–Crippen MR) is 100 cm³/mol. The van der Waals surface area contributed by atoms with Crippen molar-refractivity contribution in [3.05, 3.63) is 77.4 Å². The van der Waals surface area contributed by atoms with E-state index in [-0.39, 0.29) is 5.97 Å². The van der Waals surface area contributed by atoms with E-state index in [2.05, 4.69) is 12.1 Å². The van der Waals surface area contributed by atoms with Crippen molar-refractivity contribution in [2.24, 2.45) is 0 Å². The molecule has 0 N–H and O–H groups in total. The lowest BCUT2D eigenvalue weighted by molar-refractivity contribution is 0.0526. The van der Waals surface area contributed by atoms with Gasteiger partial charge in [0.25, 0.3) is 0 Å². The Balaban J connectivity index is 2.00. The Morgan fingerprint density at radius 1 is 0.960 bits per heavy atom. The molecule has 0 spiro atoms. The lowest BCUT2D eigenvalue weighted by atomic mass is 9.96. The quantitative estimate of drug-likeness (QED) is 0.607. The molecule has 0 heterocycles. The molecule has 0 saturated carbocycles. The summed E-state index contributed by atoms with van der Waals surface area (Å²) in [4.78, 5) is 12.2. The summed E-state index contributed by atoms with van der Waals surface area (Å²) in [5.74, 6) is 0.540. The van der Waals surface area contributed by atoms with Gasteiger partial charge < -0.3 is 9.47 Å². The first-order chi connectivity index (χ1) is 12.2. The van der Waals surface area contributed by atoms with Crippen LogP contribution in [0.3, 0.4) is 0 Å². The first-order valence-electron chi connectivity index (χ1n) is 8.53. The molecule has 0 unspecified atom stereocenters. The third kappa shape index (κ3) is 4.00. The first kappa shape index (κ1) is 17.0. The Morgan fingerprint density at radius 3 is 2.48 bits per heavy atom. The molecule has 0 fully saturated rings. The van der Waals surface area contributed by atoms with Gasteiger partial charge in [-0.1, -0.05) is 36.4 Å². The zero-order valence-electron chi connectivity index (χ0n) is 14.6. The number of rotatable bonds is 6. The van der Waals surface area contributed by atoms with Crippen LogP contribution in [0.4, 0.5) is 0 Å². The fourth-order valence-corrected chi connectivity index (χ4v) is 3.00. The van der Waals surface area contributed by atoms with Gasteiger partial charge in [0.2, 0.25) is 0 Å². The third-order valence-electron chi connectivity index (χ3n) is 4.28. The van der Waals surface area contributed by atoms with Crippen molar-refractivity contribution >= 4 is 16.7 Å². The normalized spacial score (nSPS) is 10.6. The molecule has 0 aliphatic heterocycles. The van der Waals surface area contributed by atoms with E-state index in [0.717, 1.165) is 34.9 Å². The molecular weight excluding hydrogens is 312 g/mol. The Kier molecular flexibility index (Phi) is 5.34. The summed E-state index contributed by atoms with van der Waals surface area (Å²) >= 11 is 0. The zero-order chi connectivity index (χ0) is 17.6. The average Bonchev–Trinajstić information content (AvgIpc) is 2.66. The Morgan fingerprint density at radius 2 is 1.76 bits per heavy atom. The third-order valence-corrected chi connectivity index (χ3v) is 4.28. The number of esters is 1. The van der Waals surface area contributed by atoms with Gasteiger partial charge in [0.05, 0.1) is 19.3 Å². The maximum absolute atomic E-state index is 12.2. The zero-order valence-corrected chi connectivity index (χ0v) is 14.6. The van der Waals surface area contributed by atoms with Gasteiger partial charge in [0.15, 0.2) is 0 Å². The van der Waals surface area contributed by atoms with Crippen LogP contribution < -0.4 is 4.74 Å². The van der Waals surface area contributed by atoms with Crippen LogP contribution in [-0.2, 0) is 17.6 Å². The second-order valence-corrected chi connectivity index (χ2v) is 5.93. The van der Waals surface area contributed by atoms with E-state index in [1.54, 1.807) is 7.11 Å². The van der Waals surface area contributed by atoms with Crippen LogP contribution in [0.2, 0.25) is 0 Å². The van der Waals surface area contributed by atoms with Gasteiger partial charge >= 0.3 is 5.97 Å². The number of carbonyl (C=O) groups is 1. The highest BCUT2D eigenvalue weighted by Gasteiger charge is 2.12. The molecule has 3 aromatic carbocycles. The molecule has 0 bridgehead atoms. The smallest absolute Gasteiger partial charge is 0.338 e. The van der Waals surface area contributed by atoms with Crippen molar-refractivity contribution in [2.45, 2.75) is 19.8 Å². The topological polar surface area (TPSA) is 35.5 Å². The van der Waals surface area contributed by atoms with Crippen molar-refractivity contribution in [1.82, 2.24) is 0 Å². The fraction of sp³-hybridized carbons (Fsp3) is 0.227. The average molecular weight is 334 g/mol. The van der Waals surface area contributed by atoms with Crippen molar-refractivity contribution in [2.75, 3.05) is 13.7 Å². The number of hydrogen-bond donors (Lipinski definition) is 0. The number of hydrogen-bond acceptors (Lipinski definition) is 3. The van der Waals surface area contributed by atoms with Crippen LogP contribution in [-0.4, -0.2) is 19.7 Å². The fourth-order valence-electron chi connectivity index (χ4n) is 3.00. The maximum atomic E-state index is 12.2. The summed E-state index contributed by atoms with van der Waals surface area (Å²) in [6.45, 7) is 2.19. The lowest BCUT2D eigenvalue weighted by Crippen LogP contribution is -2.06. The molecule has 128 valence electrons. The van der Waals surface area contributed by atoms with Crippen LogP contribution in [0.1, 0.15) is 28.4 Å². The highest BCUT2D eigenvalue weighted by atomic mass is 16.5. The Labute approximate surface area is 148 Å². The van der Waals surface area contributed by atoms with Gasteiger partial charge in [-0.15, -0.1) is 0 Å². The van der Waals surface area contributed by atoms with Crippen molar-refractivity contribution in [1.29, 1.82) is 0 Å². The van der Waals surface area contributed by atoms with Crippen molar-refractivity contribution < 1.29 is 14.3 Å². The SMILES string of the molecule is CCOC(=O)c1cc(CCc2ccccc2)c2cc(OC)ccc2c1. The minimum atomic E-state index is -0.277. The van der Waals surface area contributed by atoms with Gasteiger partial charge in [0, 0.05) is 0 Å². The minimum absolute atomic E-state index is 0.277. The number of fused-ring (bicyclic) bond motifs is 1. The molecular formula is C22H22O3. The second-order valence-electron chi connectivity index (χ2n) is 5.93. The van der Waals surface area contributed by atoms with E-state index in [4.69, 9.17) is 9.47 Å². The molecule has 0 saturated heterocycles. The molecule has 0 aliphatic carbocycles. The molecule has 3 heteroatoms. The molecule has 3 rings (SSSR count). The standard InChI is InChI=1S/C22H22O3/c1-3-25-22(23)19-13-17(10-9-16-7-5-4-6-8-16)21-15-20(24-2)12-11-18(21)14-19/h4-8,11-15H,3,9-10H2,1-2H3. The summed E-state index contributed by atoms with van der Waals surface area (Å²) in [5.41, 5.74) is 3.01. The van der Waals surface area contributed by atoms with E-state index in [1.165, 1.54) is 5.56 Å². The summed E-state index contributed by atoms with van der Waals surface area (Å²) in [7, 11) is 1.66. The van der Waals surface area contributed by atoms with Gasteiger partial charge in [-0.25, -0.2) is 4.79 Å². The van der Waals surface area contributed by atoms with Crippen LogP contribution in [0.5, 0.6) is 5.75 Å². The summed E-state index contributed by atoms with van der Waals surface area (Å²) in [6, 6.07) is 20.1. The van der Waals surface area contributed by atoms with E-state index in [9.17, 15) is 4.79 Å². The molecule has 3 aromatic rings. The summed E-state index contributed by atoms with van der Waals surface area (Å²) in [5, 5.41) is 2.14. The second kappa shape index (κ2) is 7.84. The van der Waals surface area contributed by atoms with Crippen molar-refractivity contribution in [3.8, 4) is 5.75 Å². The monoisotopic (exact) mass is 334 g/mol.